The summed E-state index contributed by atoms with van der Waals surface area (Å²) in [4.78, 5) is 27.1. The van der Waals surface area contributed by atoms with E-state index in [2.05, 4.69) is 4.90 Å². The first-order valence-corrected chi connectivity index (χ1v) is 6.73. The van der Waals surface area contributed by atoms with E-state index in [-0.39, 0.29) is 24.2 Å². The van der Waals surface area contributed by atoms with E-state index in [1.807, 2.05) is 0 Å². The van der Waals surface area contributed by atoms with Gasteiger partial charge in [-0.05, 0) is 19.3 Å². The number of likely N-dealkylation sites (tertiary alicyclic amines) is 2. The molecule has 1 amide bonds. The van der Waals surface area contributed by atoms with Gasteiger partial charge in [0.15, 0.2) is 5.78 Å². The number of carbonyl (C=O) groups is 2. The summed E-state index contributed by atoms with van der Waals surface area (Å²) in [6, 6.07) is 0.280. The van der Waals surface area contributed by atoms with Gasteiger partial charge < -0.3 is 14.5 Å². The number of Topliss-reactive ketones (excluding diaryl/α,β-unsaturated/α-hetero) is 1. The molecule has 0 aromatic rings. The van der Waals surface area contributed by atoms with E-state index < -0.39 is 0 Å². The molecule has 102 valence electrons. The summed E-state index contributed by atoms with van der Waals surface area (Å²) in [5.74, 6) is 0.0976. The Morgan fingerprint density at radius 2 is 2.00 bits per heavy atom. The molecule has 2 fully saturated rings. The summed E-state index contributed by atoms with van der Waals surface area (Å²) in [7, 11) is 1.72. The molecule has 0 saturated carbocycles. The van der Waals surface area contributed by atoms with Crippen LogP contribution >= 0.6 is 0 Å². The van der Waals surface area contributed by atoms with Crippen LogP contribution in [0.4, 0.5) is 0 Å². The van der Waals surface area contributed by atoms with Gasteiger partial charge in [-0.2, -0.15) is 0 Å². The highest BCUT2D eigenvalue weighted by Gasteiger charge is 2.34. The average Bonchev–Trinajstić information content (AvgIpc) is 2.70. The smallest absolute Gasteiger partial charge is 0.230 e. The van der Waals surface area contributed by atoms with Crippen LogP contribution in [0.3, 0.4) is 0 Å². The number of hydrogen-bond donors (Lipinski definition) is 0. The summed E-state index contributed by atoms with van der Waals surface area (Å²) < 4.78 is 5.04. The minimum absolute atomic E-state index is 0.0258. The zero-order chi connectivity index (χ0) is 13.0. The van der Waals surface area contributed by atoms with Crippen molar-refractivity contribution in [3.63, 3.8) is 0 Å². The van der Waals surface area contributed by atoms with Crippen LogP contribution in [-0.4, -0.2) is 67.4 Å². The Balaban J connectivity index is 1.73. The number of methoxy groups -OCH3 is 1. The molecule has 2 rings (SSSR count). The second-order valence-corrected chi connectivity index (χ2v) is 5.16. The number of hydrogen-bond acceptors (Lipinski definition) is 4. The van der Waals surface area contributed by atoms with Crippen molar-refractivity contribution in [1.82, 2.24) is 9.80 Å². The van der Waals surface area contributed by atoms with Crippen LogP contribution in [0.5, 0.6) is 0 Å². The predicted molar refractivity (Wildman–Crippen MR) is 67.3 cm³/mol. The van der Waals surface area contributed by atoms with Crippen LogP contribution in [0.15, 0.2) is 0 Å². The lowest BCUT2D eigenvalue weighted by Crippen LogP contribution is -2.45. The predicted octanol–water partition coefficient (Wildman–Crippen LogP) is 0.289. The quantitative estimate of drug-likeness (QED) is 0.522. The number of carbonyl (C=O) groups excluding carboxylic acids is 2. The molecule has 2 heterocycles. The standard InChI is InChI=1S/C13H22N2O3/c1-18-8-2-5-14-6-3-11(4-7-14)15-10-12(16)9-13(15)17/h11H,2-10H2,1H3. The third kappa shape index (κ3) is 3.29. The summed E-state index contributed by atoms with van der Waals surface area (Å²) in [5, 5.41) is 0. The molecule has 2 aliphatic heterocycles. The van der Waals surface area contributed by atoms with E-state index in [0.717, 1.165) is 45.5 Å². The summed E-state index contributed by atoms with van der Waals surface area (Å²) in [6.07, 6.45) is 3.16. The monoisotopic (exact) mass is 254 g/mol. The highest BCUT2D eigenvalue weighted by Crippen LogP contribution is 2.20. The fourth-order valence-corrected chi connectivity index (χ4v) is 2.82. The Morgan fingerprint density at radius 3 is 2.56 bits per heavy atom. The van der Waals surface area contributed by atoms with Crippen molar-refractivity contribution < 1.29 is 14.3 Å². The fraction of sp³-hybridized carbons (Fsp3) is 0.846. The Bertz CT molecular complexity index is 311. The van der Waals surface area contributed by atoms with Gasteiger partial charge in [-0.15, -0.1) is 0 Å². The topological polar surface area (TPSA) is 49.9 Å². The minimum atomic E-state index is 0.0258. The van der Waals surface area contributed by atoms with Gasteiger partial charge in [0.05, 0.1) is 13.0 Å². The van der Waals surface area contributed by atoms with Gasteiger partial charge in [-0.3, -0.25) is 9.59 Å². The Morgan fingerprint density at radius 1 is 1.28 bits per heavy atom. The lowest BCUT2D eigenvalue weighted by molar-refractivity contribution is -0.130. The normalized spacial score (nSPS) is 23.1. The number of nitrogens with zero attached hydrogens (tertiary/aromatic N) is 2. The Labute approximate surface area is 108 Å². The SMILES string of the molecule is COCCCN1CCC(N2CC(=O)CC2=O)CC1. The van der Waals surface area contributed by atoms with Crippen LogP contribution < -0.4 is 0 Å². The van der Waals surface area contributed by atoms with Gasteiger partial charge in [0.2, 0.25) is 5.91 Å². The molecule has 0 aliphatic carbocycles. The van der Waals surface area contributed by atoms with E-state index in [9.17, 15) is 9.59 Å². The van der Waals surface area contributed by atoms with Crippen molar-refractivity contribution in [2.45, 2.75) is 31.7 Å². The molecule has 0 bridgehead atoms. The summed E-state index contributed by atoms with van der Waals surface area (Å²) in [5.41, 5.74) is 0. The zero-order valence-electron chi connectivity index (χ0n) is 11.1. The zero-order valence-corrected chi connectivity index (χ0v) is 11.1. The van der Waals surface area contributed by atoms with Crippen LogP contribution in [-0.2, 0) is 14.3 Å². The maximum Gasteiger partial charge on any atom is 0.230 e. The second-order valence-electron chi connectivity index (χ2n) is 5.16. The van der Waals surface area contributed by atoms with E-state index in [1.54, 1.807) is 12.0 Å². The number of amides is 1. The van der Waals surface area contributed by atoms with Crippen LogP contribution in [0.2, 0.25) is 0 Å². The molecule has 2 aliphatic rings. The van der Waals surface area contributed by atoms with Crippen molar-refractivity contribution in [3.05, 3.63) is 0 Å². The average molecular weight is 254 g/mol. The second kappa shape index (κ2) is 6.29. The molecule has 0 unspecified atom stereocenters. The van der Waals surface area contributed by atoms with E-state index in [1.165, 1.54) is 0 Å². The maximum absolute atomic E-state index is 11.7. The third-order valence-corrected chi connectivity index (χ3v) is 3.84. The molecule has 0 radical (unpaired) electrons. The molecule has 0 atom stereocenters. The number of ketones is 1. The van der Waals surface area contributed by atoms with Crippen LogP contribution in [0.25, 0.3) is 0 Å². The van der Waals surface area contributed by atoms with Crippen LogP contribution in [0, 0.1) is 0 Å². The maximum atomic E-state index is 11.7. The lowest BCUT2D eigenvalue weighted by Gasteiger charge is -2.36. The molecule has 2 saturated heterocycles. The van der Waals surface area contributed by atoms with Crippen molar-refractivity contribution >= 4 is 11.7 Å². The molecule has 0 aromatic carbocycles. The molecule has 5 nitrogen and oxygen atoms in total. The van der Waals surface area contributed by atoms with Gasteiger partial charge in [0.25, 0.3) is 0 Å². The number of piperidine rings is 1. The lowest BCUT2D eigenvalue weighted by atomic mass is 10.0. The van der Waals surface area contributed by atoms with Gasteiger partial charge in [-0.1, -0.05) is 0 Å². The first-order chi connectivity index (χ1) is 8.70. The van der Waals surface area contributed by atoms with E-state index in [4.69, 9.17) is 4.74 Å². The summed E-state index contributed by atoms with van der Waals surface area (Å²) in [6.45, 7) is 4.25. The van der Waals surface area contributed by atoms with Crippen molar-refractivity contribution in [2.75, 3.05) is 39.9 Å². The van der Waals surface area contributed by atoms with Crippen molar-refractivity contribution in [2.24, 2.45) is 0 Å². The molecule has 18 heavy (non-hydrogen) atoms. The number of ether oxygens (including phenoxy) is 1. The molecular formula is C13H22N2O3. The summed E-state index contributed by atoms with van der Waals surface area (Å²) >= 11 is 0. The molecule has 5 heteroatoms. The minimum Gasteiger partial charge on any atom is -0.385 e. The molecule has 0 N–H and O–H groups in total. The molecular weight excluding hydrogens is 232 g/mol. The molecule has 0 aromatic heterocycles. The van der Waals surface area contributed by atoms with Gasteiger partial charge in [0.1, 0.15) is 0 Å². The number of rotatable bonds is 5. The van der Waals surface area contributed by atoms with Crippen molar-refractivity contribution in [3.8, 4) is 0 Å². The first-order valence-electron chi connectivity index (χ1n) is 6.73. The Kier molecular flexibility index (Phi) is 4.72. The van der Waals surface area contributed by atoms with Crippen molar-refractivity contribution in [1.29, 1.82) is 0 Å². The third-order valence-electron chi connectivity index (χ3n) is 3.84. The molecule has 0 spiro atoms. The van der Waals surface area contributed by atoms with Gasteiger partial charge in [-0.25, -0.2) is 0 Å². The first kappa shape index (κ1) is 13.5. The Hall–Kier alpha value is -0.940. The van der Waals surface area contributed by atoms with Gasteiger partial charge >= 0.3 is 0 Å². The highest BCUT2D eigenvalue weighted by atomic mass is 16.5. The van der Waals surface area contributed by atoms with E-state index in [0.29, 0.717) is 6.54 Å². The largest absolute Gasteiger partial charge is 0.385 e. The fourth-order valence-electron chi connectivity index (χ4n) is 2.82. The van der Waals surface area contributed by atoms with Crippen LogP contribution in [0.1, 0.15) is 25.7 Å². The highest BCUT2D eigenvalue weighted by molar-refractivity contribution is 6.05. The van der Waals surface area contributed by atoms with E-state index >= 15 is 0 Å². The van der Waals surface area contributed by atoms with Gasteiger partial charge in [0, 0.05) is 39.4 Å².